The van der Waals surface area contributed by atoms with E-state index in [9.17, 15) is 4.79 Å². The molecule has 1 amide bonds. The molecular formula is C9H11N5OS. The standard InChI is InChI=1S/C9H11N5OS/c1-6-5-16-8(12-6)2-3-10-9(15)7-4-11-14-13-7/h4-5H,2-3H2,1H3,(H,10,15)(H,11,13,14). The molecule has 0 atom stereocenters. The van der Waals surface area contributed by atoms with Gasteiger partial charge in [0.15, 0.2) is 5.69 Å². The molecule has 0 aliphatic heterocycles. The Kier molecular flexibility index (Phi) is 3.25. The molecule has 2 heterocycles. The molecule has 2 aromatic rings. The lowest BCUT2D eigenvalue weighted by Crippen LogP contribution is -2.26. The molecule has 7 heteroatoms. The molecule has 0 aliphatic rings. The smallest absolute Gasteiger partial charge is 0.273 e. The Hall–Kier alpha value is -1.76. The number of rotatable bonds is 4. The van der Waals surface area contributed by atoms with Crippen molar-refractivity contribution in [2.24, 2.45) is 0 Å². The number of aryl methyl sites for hydroxylation is 1. The van der Waals surface area contributed by atoms with E-state index in [1.807, 2.05) is 12.3 Å². The summed E-state index contributed by atoms with van der Waals surface area (Å²) in [4.78, 5) is 15.8. The lowest BCUT2D eigenvalue weighted by atomic mass is 10.4. The van der Waals surface area contributed by atoms with Gasteiger partial charge in [-0.15, -0.1) is 11.3 Å². The summed E-state index contributed by atoms with van der Waals surface area (Å²) in [5.41, 5.74) is 1.32. The molecule has 2 rings (SSSR count). The Balaban J connectivity index is 1.78. The first-order chi connectivity index (χ1) is 7.75. The summed E-state index contributed by atoms with van der Waals surface area (Å²) in [7, 11) is 0. The van der Waals surface area contributed by atoms with Crippen LogP contribution >= 0.6 is 11.3 Å². The number of nitrogens with one attached hydrogen (secondary N) is 2. The molecule has 0 aromatic carbocycles. The zero-order valence-corrected chi connectivity index (χ0v) is 9.54. The monoisotopic (exact) mass is 237 g/mol. The lowest BCUT2D eigenvalue weighted by molar-refractivity contribution is 0.0949. The molecular weight excluding hydrogens is 226 g/mol. The van der Waals surface area contributed by atoms with E-state index in [2.05, 4.69) is 25.7 Å². The lowest BCUT2D eigenvalue weighted by Gasteiger charge is -1.99. The third kappa shape index (κ3) is 2.63. The fraction of sp³-hybridized carbons (Fsp3) is 0.333. The van der Waals surface area contributed by atoms with Crippen molar-refractivity contribution in [1.29, 1.82) is 0 Å². The van der Waals surface area contributed by atoms with Gasteiger partial charge < -0.3 is 5.32 Å². The molecule has 0 aliphatic carbocycles. The SMILES string of the molecule is Cc1csc(CCNC(=O)c2cn[nH]n2)n1. The van der Waals surface area contributed by atoms with Crippen LogP contribution in [0.4, 0.5) is 0 Å². The van der Waals surface area contributed by atoms with Gasteiger partial charge in [-0.25, -0.2) is 4.98 Å². The van der Waals surface area contributed by atoms with Gasteiger partial charge in [0.2, 0.25) is 0 Å². The van der Waals surface area contributed by atoms with Crippen molar-refractivity contribution >= 4 is 17.2 Å². The van der Waals surface area contributed by atoms with E-state index in [0.717, 1.165) is 17.1 Å². The summed E-state index contributed by atoms with van der Waals surface area (Å²) < 4.78 is 0. The second-order valence-corrected chi connectivity index (χ2v) is 4.19. The summed E-state index contributed by atoms with van der Waals surface area (Å²) in [5, 5.41) is 15.4. The van der Waals surface area contributed by atoms with Gasteiger partial charge in [0.25, 0.3) is 5.91 Å². The van der Waals surface area contributed by atoms with E-state index in [4.69, 9.17) is 0 Å². The van der Waals surface area contributed by atoms with E-state index in [1.54, 1.807) is 11.3 Å². The van der Waals surface area contributed by atoms with Crippen molar-refractivity contribution in [3.8, 4) is 0 Å². The molecule has 2 N–H and O–H groups in total. The number of carbonyl (C=O) groups excluding carboxylic acids is 1. The number of aromatic amines is 1. The van der Waals surface area contributed by atoms with E-state index in [0.29, 0.717) is 12.2 Å². The molecule has 0 bridgehead atoms. The number of hydrogen-bond donors (Lipinski definition) is 2. The number of aromatic nitrogens is 4. The van der Waals surface area contributed by atoms with Crippen LogP contribution in [0.1, 0.15) is 21.2 Å². The molecule has 6 nitrogen and oxygen atoms in total. The van der Waals surface area contributed by atoms with Crippen LogP contribution in [0.5, 0.6) is 0 Å². The molecule has 0 radical (unpaired) electrons. The maximum Gasteiger partial charge on any atom is 0.273 e. The number of H-pyrrole nitrogens is 1. The molecule has 0 saturated carbocycles. The van der Waals surface area contributed by atoms with Crippen molar-refractivity contribution in [2.45, 2.75) is 13.3 Å². The van der Waals surface area contributed by atoms with Gasteiger partial charge in [0.05, 0.1) is 11.2 Å². The fourth-order valence-corrected chi connectivity index (χ4v) is 1.98. The first-order valence-corrected chi connectivity index (χ1v) is 5.68. The van der Waals surface area contributed by atoms with Crippen LogP contribution in [0.3, 0.4) is 0 Å². The highest BCUT2D eigenvalue weighted by atomic mass is 32.1. The maximum atomic E-state index is 11.5. The third-order valence-corrected chi connectivity index (χ3v) is 2.97. The highest BCUT2D eigenvalue weighted by Crippen LogP contribution is 2.08. The average molecular weight is 237 g/mol. The highest BCUT2D eigenvalue weighted by molar-refractivity contribution is 7.09. The molecule has 16 heavy (non-hydrogen) atoms. The average Bonchev–Trinajstić information content (AvgIpc) is 2.89. The van der Waals surface area contributed by atoms with E-state index < -0.39 is 0 Å². The summed E-state index contributed by atoms with van der Waals surface area (Å²) >= 11 is 1.60. The molecule has 2 aromatic heterocycles. The molecule has 0 fully saturated rings. The minimum Gasteiger partial charge on any atom is -0.350 e. The molecule has 0 unspecified atom stereocenters. The van der Waals surface area contributed by atoms with Crippen LogP contribution in [-0.2, 0) is 6.42 Å². The predicted octanol–water partition coefficient (Wildman–Crippen LogP) is 0.542. The van der Waals surface area contributed by atoms with Gasteiger partial charge >= 0.3 is 0 Å². The summed E-state index contributed by atoms with van der Waals surface area (Å²) in [6, 6.07) is 0. The van der Waals surface area contributed by atoms with Gasteiger partial charge in [-0.3, -0.25) is 4.79 Å². The van der Waals surface area contributed by atoms with E-state index >= 15 is 0 Å². The minimum absolute atomic E-state index is 0.220. The van der Waals surface area contributed by atoms with Crippen LogP contribution in [0.25, 0.3) is 0 Å². The summed E-state index contributed by atoms with van der Waals surface area (Å²) in [6.45, 7) is 2.51. The maximum absolute atomic E-state index is 11.5. The van der Waals surface area contributed by atoms with E-state index in [1.165, 1.54) is 6.20 Å². The Morgan fingerprint density at radius 3 is 3.12 bits per heavy atom. The van der Waals surface area contributed by atoms with Crippen LogP contribution in [0.2, 0.25) is 0 Å². The van der Waals surface area contributed by atoms with E-state index in [-0.39, 0.29) is 5.91 Å². The zero-order chi connectivity index (χ0) is 11.4. The Morgan fingerprint density at radius 1 is 1.62 bits per heavy atom. The number of nitrogens with zero attached hydrogens (tertiary/aromatic N) is 3. The Bertz CT molecular complexity index is 464. The van der Waals surface area contributed by atoms with Gasteiger partial charge in [-0.05, 0) is 6.92 Å². The zero-order valence-electron chi connectivity index (χ0n) is 8.73. The van der Waals surface area contributed by atoms with Crippen molar-refractivity contribution < 1.29 is 4.79 Å². The molecule has 84 valence electrons. The van der Waals surface area contributed by atoms with Gasteiger partial charge in [-0.2, -0.15) is 15.4 Å². The van der Waals surface area contributed by atoms with Crippen LogP contribution < -0.4 is 5.32 Å². The number of hydrogen-bond acceptors (Lipinski definition) is 5. The van der Waals surface area contributed by atoms with Crippen molar-refractivity contribution in [2.75, 3.05) is 6.54 Å². The van der Waals surface area contributed by atoms with Crippen molar-refractivity contribution in [3.05, 3.63) is 28.0 Å². The van der Waals surface area contributed by atoms with Crippen molar-refractivity contribution in [1.82, 2.24) is 25.7 Å². The van der Waals surface area contributed by atoms with Gasteiger partial charge in [0.1, 0.15) is 0 Å². The second kappa shape index (κ2) is 4.84. The highest BCUT2D eigenvalue weighted by Gasteiger charge is 2.07. The summed E-state index contributed by atoms with van der Waals surface area (Å²) in [6.07, 6.45) is 2.13. The second-order valence-electron chi connectivity index (χ2n) is 3.24. The number of thiazole rings is 1. The van der Waals surface area contributed by atoms with Crippen LogP contribution in [0.15, 0.2) is 11.6 Å². The predicted molar refractivity (Wildman–Crippen MR) is 59.3 cm³/mol. The topological polar surface area (TPSA) is 83.6 Å². The van der Waals surface area contributed by atoms with Gasteiger partial charge in [-0.1, -0.05) is 0 Å². The first kappa shape index (κ1) is 10.7. The quantitative estimate of drug-likeness (QED) is 0.813. The normalized spacial score (nSPS) is 10.3. The summed E-state index contributed by atoms with van der Waals surface area (Å²) in [5.74, 6) is -0.220. The number of amides is 1. The minimum atomic E-state index is -0.220. The fourth-order valence-electron chi connectivity index (χ4n) is 1.20. The molecule has 0 spiro atoms. The first-order valence-electron chi connectivity index (χ1n) is 4.80. The largest absolute Gasteiger partial charge is 0.350 e. The Labute approximate surface area is 96.1 Å². The van der Waals surface area contributed by atoms with Crippen LogP contribution in [0, 0.1) is 6.92 Å². The van der Waals surface area contributed by atoms with Crippen molar-refractivity contribution in [3.63, 3.8) is 0 Å². The Morgan fingerprint density at radius 2 is 2.50 bits per heavy atom. The van der Waals surface area contributed by atoms with Crippen LogP contribution in [-0.4, -0.2) is 32.8 Å². The number of carbonyl (C=O) groups is 1. The third-order valence-electron chi connectivity index (χ3n) is 1.94. The van der Waals surface area contributed by atoms with Gasteiger partial charge in [0, 0.05) is 24.0 Å². The molecule has 0 saturated heterocycles.